The third-order valence-electron chi connectivity index (χ3n) is 21.8. The Morgan fingerprint density at radius 1 is 0.613 bits per heavy atom. The number of rotatable bonds is 34. The molecule has 12 rings (SSSR count). The van der Waals surface area contributed by atoms with E-state index in [1.54, 1.807) is 21.9 Å². The van der Waals surface area contributed by atoms with Crippen molar-refractivity contribution in [1.29, 1.82) is 0 Å². The van der Waals surface area contributed by atoms with E-state index in [9.17, 15) is 9.59 Å². The molecule has 558 valence electrons. The summed E-state index contributed by atoms with van der Waals surface area (Å²) in [6.07, 6.45) is 16.8. The van der Waals surface area contributed by atoms with E-state index in [1.807, 2.05) is 115 Å². The molecule has 4 fully saturated rings. The number of likely N-dealkylation sites (tertiary alicyclic amines) is 1. The van der Waals surface area contributed by atoms with E-state index in [-0.39, 0.29) is 69.6 Å². The molecule has 7 aromatic rings. The molecule has 106 heavy (non-hydrogen) atoms. The average Bonchev–Trinajstić information content (AvgIpc) is 1.51. The summed E-state index contributed by atoms with van der Waals surface area (Å²) in [5.74, 6) is 7.55. The van der Waals surface area contributed by atoms with Crippen molar-refractivity contribution in [3.63, 3.8) is 0 Å². The molecule has 6 heterocycles. The van der Waals surface area contributed by atoms with Gasteiger partial charge in [0.2, 0.25) is 11.8 Å². The van der Waals surface area contributed by atoms with Crippen LogP contribution in [0.15, 0.2) is 164 Å². The molecule has 2 saturated carbocycles. The van der Waals surface area contributed by atoms with Crippen LogP contribution in [0.4, 0.5) is 4.79 Å². The molecule has 21 heteroatoms. The van der Waals surface area contributed by atoms with Gasteiger partial charge in [-0.2, -0.15) is 0 Å². The number of nitrogens with one attached hydrogen (secondary N) is 1. The van der Waals surface area contributed by atoms with Crippen molar-refractivity contribution >= 4 is 41.4 Å². The molecule has 4 amide bonds. The first-order valence-electron chi connectivity index (χ1n) is 38.2. The van der Waals surface area contributed by atoms with Crippen molar-refractivity contribution in [3.8, 4) is 17.6 Å². The van der Waals surface area contributed by atoms with E-state index >= 15 is 14.4 Å². The summed E-state index contributed by atoms with van der Waals surface area (Å²) in [5, 5.41) is 3.82. The molecule has 3 aromatic carbocycles. The molecule has 2 saturated heterocycles. The van der Waals surface area contributed by atoms with E-state index in [4.69, 9.17) is 50.5 Å². The minimum atomic E-state index is -1.38. The lowest BCUT2D eigenvalue weighted by atomic mass is 9.68. The van der Waals surface area contributed by atoms with Crippen molar-refractivity contribution in [2.45, 2.75) is 153 Å². The Kier molecular flexibility index (Phi) is 27.8. The van der Waals surface area contributed by atoms with Crippen molar-refractivity contribution in [3.05, 3.63) is 220 Å². The van der Waals surface area contributed by atoms with Gasteiger partial charge in [-0.25, -0.2) is 4.79 Å². The highest BCUT2D eigenvalue weighted by molar-refractivity contribution is 6.30. The monoisotopic (exact) mass is 1460 g/mol. The second kappa shape index (κ2) is 38.4. The van der Waals surface area contributed by atoms with Crippen molar-refractivity contribution < 1.29 is 42.9 Å². The Hall–Kier alpha value is -9.10. The number of carbonyl (C=O) groups is 5. The number of hydrogen-bond donors (Lipinski definition) is 1. The zero-order chi connectivity index (χ0) is 73.3. The van der Waals surface area contributed by atoms with E-state index < -0.39 is 23.0 Å². The molecule has 2 unspecified atom stereocenters. The summed E-state index contributed by atoms with van der Waals surface area (Å²) >= 11 is 6.53. The first-order chi connectivity index (χ1) is 51.9. The topological polar surface area (TPSA) is 205 Å². The molecule has 4 aromatic heterocycles. The second-order valence-electron chi connectivity index (χ2n) is 29.1. The van der Waals surface area contributed by atoms with Crippen LogP contribution in [-0.2, 0) is 79.8 Å². The predicted molar refractivity (Wildman–Crippen MR) is 406 cm³/mol. The Bertz CT molecular complexity index is 3810. The third-order valence-corrected chi connectivity index (χ3v) is 22.1. The zero-order valence-corrected chi connectivity index (χ0v) is 62.1. The number of aromatic nitrogens is 4. The number of amides is 4. The van der Waals surface area contributed by atoms with Crippen LogP contribution in [-0.4, -0.2) is 171 Å². The maximum absolute atomic E-state index is 15.9. The quantitative estimate of drug-likeness (QED) is 0.0226. The fourth-order valence-corrected chi connectivity index (χ4v) is 16.2. The van der Waals surface area contributed by atoms with Gasteiger partial charge >= 0.3 is 12.1 Å². The molecule has 0 radical (unpaired) electrons. The molecule has 2 aliphatic heterocycles. The fraction of sp³-hybridized carbons (Fsp3) is 0.471. The van der Waals surface area contributed by atoms with Gasteiger partial charge in [0.05, 0.1) is 61.7 Å². The number of carbonyl (C=O) groups excluding carboxylic acids is 5. The van der Waals surface area contributed by atoms with Gasteiger partial charge in [-0.05, 0) is 183 Å². The minimum Gasteiger partial charge on any atom is -0.494 e. The highest BCUT2D eigenvalue weighted by Gasteiger charge is 2.52. The number of morpholine rings is 1. The van der Waals surface area contributed by atoms with Crippen LogP contribution in [0.2, 0.25) is 5.02 Å². The Morgan fingerprint density at radius 3 is 1.72 bits per heavy atom. The van der Waals surface area contributed by atoms with Crippen molar-refractivity contribution in [2.75, 3.05) is 85.9 Å². The Labute approximate surface area is 629 Å². The SMILES string of the molecule is COC(=O)CCCN(C(=O)c1ccc(CN(CCCCOc2cc(CN(Cc3ccccn3)Cc3ccccn3)cc(CN(Cc3ccccn3)Cc3ccccn3)c2)C(=O)C2(c3ccc(Cl)cc3)CCCCC2)cc1)C1(C(=O)NCCN2CCOCC2)CCN(C(=O)OCC2C3CCC#CCCC32)CC1. The number of unbranched alkanes of at least 4 members (excludes halogenated alkanes) is 1. The van der Waals surface area contributed by atoms with Gasteiger partial charge in [0.15, 0.2) is 0 Å². The predicted octanol–water partition coefficient (Wildman–Crippen LogP) is 12.7. The van der Waals surface area contributed by atoms with Gasteiger partial charge in [-0.3, -0.25) is 53.8 Å². The Morgan fingerprint density at radius 2 is 1.18 bits per heavy atom. The van der Waals surface area contributed by atoms with Crippen molar-refractivity contribution in [1.82, 2.24) is 54.7 Å². The van der Waals surface area contributed by atoms with Crippen LogP contribution in [0, 0.1) is 29.6 Å². The standard InChI is InChI=1S/C85H102ClN11O9/c1-103-79(98)26-19-45-97(85(81(100)91-43-48-92-49-52-104-53-50-92)37-46-95(47-38-85)83(102)106-64-78-76-24-5-2-3-6-25-77(76)78)80(99)68-29-27-65(28-30-68)59-96(82(101)84(35-11-4-12-36-84)69-31-33-70(86)34-32-69)44-17-18-51-105-75-55-66(57-93(60-71-20-7-13-39-87-71)61-72-21-8-14-40-88-72)54-67(56-75)58-94(62-73-22-9-15-41-89-73)63-74-23-10-16-42-90-74/h7-10,13-16,20-23,27-34,39-42,54-56,76-78H,4-6,11-12,17-19,24-26,35-38,43-53,57-64H2,1H3,(H,91,100). The Balaban J connectivity index is 0.783. The largest absolute Gasteiger partial charge is 0.494 e. The van der Waals surface area contributed by atoms with Gasteiger partial charge < -0.3 is 39.0 Å². The fourth-order valence-electron chi connectivity index (χ4n) is 16.1. The van der Waals surface area contributed by atoms with E-state index in [1.165, 1.54) is 7.11 Å². The maximum Gasteiger partial charge on any atom is 0.409 e. The minimum absolute atomic E-state index is 0.0320. The molecule has 0 spiro atoms. The van der Waals surface area contributed by atoms with Gasteiger partial charge in [0.1, 0.15) is 11.3 Å². The first-order valence-corrected chi connectivity index (χ1v) is 38.6. The number of ether oxygens (including phenoxy) is 4. The number of esters is 1. The average molecular weight is 1460 g/mol. The van der Waals surface area contributed by atoms with Crippen LogP contribution < -0.4 is 10.1 Å². The molecule has 3 aliphatic carbocycles. The van der Waals surface area contributed by atoms with Crippen LogP contribution in [0.25, 0.3) is 0 Å². The molecule has 2 atom stereocenters. The number of benzene rings is 3. The van der Waals surface area contributed by atoms with E-state index in [2.05, 4.69) is 74.3 Å². The maximum atomic E-state index is 15.9. The number of nitrogens with zero attached hydrogens (tertiary/aromatic N) is 10. The molecule has 20 nitrogen and oxygen atoms in total. The van der Waals surface area contributed by atoms with Crippen LogP contribution >= 0.6 is 11.6 Å². The van der Waals surface area contributed by atoms with Gasteiger partial charge in [0.25, 0.3) is 5.91 Å². The van der Waals surface area contributed by atoms with Gasteiger partial charge in [-0.1, -0.05) is 85.5 Å². The molecular formula is C85H102ClN11O9. The number of hydrogen-bond acceptors (Lipinski definition) is 16. The first kappa shape index (κ1) is 76.5. The number of pyridine rings is 4. The molecule has 1 N–H and O–H groups in total. The summed E-state index contributed by atoms with van der Waals surface area (Å²) in [7, 11) is 1.34. The lowest BCUT2D eigenvalue weighted by Crippen LogP contribution is -2.65. The summed E-state index contributed by atoms with van der Waals surface area (Å²) in [6, 6.07) is 45.7. The summed E-state index contributed by atoms with van der Waals surface area (Å²) in [6.45, 7) is 9.18. The summed E-state index contributed by atoms with van der Waals surface area (Å²) in [4.78, 5) is 104. The van der Waals surface area contributed by atoms with Crippen LogP contribution in [0.3, 0.4) is 0 Å². The van der Waals surface area contributed by atoms with Crippen molar-refractivity contribution in [2.24, 2.45) is 17.8 Å². The van der Waals surface area contributed by atoms with Gasteiger partial charge in [-0.15, -0.1) is 11.8 Å². The number of methoxy groups -OCH3 is 1. The van der Waals surface area contributed by atoms with E-state index in [0.29, 0.717) is 139 Å². The zero-order valence-electron chi connectivity index (χ0n) is 61.4. The normalized spacial score (nSPS) is 18.2. The lowest BCUT2D eigenvalue weighted by Gasteiger charge is -2.47. The van der Waals surface area contributed by atoms with E-state index in [0.717, 1.165) is 109 Å². The summed E-state index contributed by atoms with van der Waals surface area (Å²) in [5.41, 5.74) is 5.96. The number of piperidine rings is 1. The smallest absolute Gasteiger partial charge is 0.409 e. The second-order valence-corrected chi connectivity index (χ2v) is 29.5. The van der Waals surface area contributed by atoms with Crippen LogP contribution in [0.1, 0.15) is 152 Å². The molecule has 5 aliphatic rings. The lowest BCUT2D eigenvalue weighted by molar-refractivity contribution is -0.141. The number of fused-ring (bicyclic) bond motifs is 1. The number of halogens is 1. The highest BCUT2D eigenvalue weighted by atomic mass is 35.5. The summed E-state index contributed by atoms with van der Waals surface area (Å²) < 4.78 is 23.5. The van der Waals surface area contributed by atoms with Gasteiger partial charge in [0, 0.05) is 153 Å². The molecule has 0 bridgehead atoms. The highest BCUT2D eigenvalue weighted by Crippen LogP contribution is 2.52. The molecular weight excluding hydrogens is 1350 g/mol. The third kappa shape index (κ3) is 21.2. The van der Waals surface area contributed by atoms with Crippen LogP contribution in [0.5, 0.6) is 5.75 Å².